The van der Waals surface area contributed by atoms with E-state index in [1.807, 2.05) is 47.0 Å². The molecular formula is C14H8N2O. The minimum absolute atomic E-state index is 0.0117. The fraction of sp³-hybridized carbons (Fsp3) is 0. The monoisotopic (exact) mass is 220 g/mol. The summed E-state index contributed by atoms with van der Waals surface area (Å²) in [5, 5.41) is 1.77. The van der Waals surface area contributed by atoms with E-state index in [4.69, 9.17) is 0 Å². The average molecular weight is 220 g/mol. The Hall–Kier alpha value is -2.42. The van der Waals surface area contributed by atoms with Gasteiger partial charge in [0.25, 0.3) is 0 Å². The van der Waals surface area contributed by atoms with Gasteiger partial charge in [0, 0.05) is 11.6 Å². The minimum Gasteiger partial charge on any atom is -0.314 e. The van der Waals surface area contributed by atoms with Gasteiger partial charge in [-0.15, -0.1) is 0 Å². The van der Waals surface area contributed by atoms with Gasteiger partial charge in [-0.2, -0.15) is 0 Å². The average Bonchev–Trinajstić information content (AvgIpc) is 2.71. The predicted molar refractivity (Wildman–Crippen MR) is 67.7 cm³/mol. The van der Waals surface area contributed by atoms with E-state index in [0.29, 0.717) is 0 Å². The van der Waals surface area contributed by atoms with Crippen LogP contribution in [0.1, 0.15) is 0 Å². The number of hydrogen-bond acceptors (Lipinski definition) is 2. The van der Waals surface area contributed by atoms with Crippen LogP contribution in [0.15, 0.2) is 53.6 Å². The molecule has 3 nitrogen and oxygen atoms in total. The van der Waals surface area contributed by atoms with Crippen LogP contribution in [0.2, 0.25) is 0 Å². The van der Waals surface area contributed by atoms with Crippen molar-refractivity contribution in [2.24, 2.45) is 0 Å². The van der Waals surface area contributed by atoms with Crippen LogP contribution in [-0.4, -0.2) is 9.38 Å². The molecular weight excluding hydrogens is 212 g/mol. The van der Waals surface area contributed by atoms with E-state index in [1.54, 1.807) is 0 Å². The zero-order valence-corrected chi connectivity index (χ0v) is 8.92. The first-order valence-electron chi connectivity index (χ1n) is 5.46. The lowest BCUT2D eigenvalue weighted by Gasteiger charge is -1.98. The van der Waals surface area contributed by atoms with E-state index < -0.39 is 0 Å². The van der Waals surface area contributed by atoms with Gasteiger partial charge in [-0.1, -0.05) is 18.2 Å². The molecule has 0 aliphatic heterocycles. The van der Waals surface area contributed by atoms with Crippen LogP contribution in [0, 0.1) is 0 Å². The van der Waals surface area contributed by atoms with E-state index in [2.05, 4.69) is 4.98 Å². The molecule has 80 valence electrons. The van der Waals surface area contributed by atoms with Crippen LogP contribution in [0.25, 0.3) is 27.3 Å². The Labute approximate surface area is 96.3 Å². The molecule has 0 saturated heterocycles. The van der Waals surface area contributed by atoms with Crippen molar-refractivity contribution in [3.05, 3.63) is 59.0 Å². The smallest absolute Gasteiger partial charge is 0.206 e. The van der Waals surface area contributed by atoms with Gasteiger partial charge < -0.3 is 4.40 Å². The molecule has 0 fully saturated rings. The van der Waals surface area contributed by atoms with E-state index in [9.17, 15) is 4.79 Å². The molecule has 3 heterocycles. The van der Waals surface area contributed by atoms with Gasteiger partial charge in [0.1, 0.15) is 0 Å². The first-order valence-corrected chi connectivity index (χ1v) is 5.46. The molecule has 0 bridgehead atoms. The van der Waals surface area contributed by atoms with Crippen LogP contribution < -0.4 is 5.43 Å². The third-order valence-electron chi connectivity index (χ3n) is 3.21. The first kappa shape index (κ1) is 8.70. The molecule has 0 spiro atoms. The highest BCUT2D eigenvalue weighted by Crippen LogP contribution is 2.27. The van der Waals surface area contributed by atoms with E-state index >= 15 is 0 Å². The van der Waals surface area contributed by atoms with Crippen molar-refractivity contribution in [3.8, 4) is 0 Å². The molecule has 0 amide bonds. The number of nitrogens with zero attached hydrogens (tertiary/aromatic N) is 2. The Morgan fingerprint density at radius 2 is 1.94 bits per heavy atom. The second kappa shape index (κ2) is 2.83. The van der Waals surface area contributed by atoms with Gasteiger partial charge >= 0.3 is 0 Å². The Morgan fingerprint density at radius 1 is 1.06 bits per heavy atom. The molecule has 17 heavy (non-hydrogen) atoms. The molecule has 0 aliphatic rings. The number of pyridine rings is 2. The molecule has 4 aromatic rings. The summed E-state index contributed by atoms with van der Waals surface area (Å²) >= 11 is 0. The molecule has 0 aliphatic carbocycles. The molecule has 0 atom stereocenters. The van der Waals surface area contributed by atoms with Crippen LogP contribution in [0.3, 0.4) is 0 Å². The Balaban J connectivity index is 2.57. The summed E-state index contributed by atoms with van der Waals surface area (Å²) in [6, 6.07) is 11.8. The maximum atomic E-state index is 12.0. The molecule has 3 aromatic heterocycles. The van der Waals surface area contributed by atoms with Crippen molar-refractivity contribution in [1.82, 2.24) is 9.38 Å². The summed E-state index contributed by atoms with van der Waals surface area (Å²) < 4.78 is 2.04. The molecule has 0 N–H and O–H groups in total. The number of para-hydroxylation sites is 1. The third kappa shape index (κ3) is 0.959. The highest BCUT2D eigenvalue weighted by atomic mass is 16.1. The molecule has 4 rings (SSSR count). The SMILES string of the molecule is O=c1cnc2cccn3c4ccccc4c1c23. The summed E-state index contributed by atoms with van der Waals surface area (Å²) in [5.74, 6) is 0. The maximum Gasteiger partial charge on any atom is 0.206 e. The van der Waals surface area contributed by atoms with Crippen LogP contribution in [-0.2, 0) is 0 Å². The second-order valence-electron chi connectivity index (χ2n) is 4.13. The number of rotatable bonds is 0. The highest BCUT2D eigenvalue weighted by Gasteiger charge is 2.12. The molecule has 1 aromatic carbocycles. The number of hydrogen-bond donors (Lipinski definition) is 0. The Kier molecular flexibility index (Phi) is 1.45. The number of aromatic nitrogens is 2. The fourth-order valence-corrected chi connectivity index (χ4v) is 2.52. The lowest BCUT2D eigenvalue weighted by atomic mass is 10.2. The fourth-order valence-electron chi connectivity index (χ4n) is 2.52. The molecule has 0 unspecified atom stereocenters. The summed E-state index contributed by atoms with van der Waals surface area (Å²) in [7, 11) is 0. The van der Waals surface area contributed by atoms with Gasteiger partial charge in [-0.05, 0) is 18.2 Å². The number of benzene rings is 1. The van der Waals surface area contributed by atoms with Crippen molar-refractivity contribution >= 4 is 27.3 Å². The van der Waals surface area contributed by atoms with Gasteiger partial charge in [0.2, 0.25) is 5.43 Å². The quantitative estimate of drug-likeness (QED) is 0.456. The summed E-state index contributed by atoms with van der Waals surface area (Å²) in [6.45, 7) is 0. The maximum absolute atomic E-state index is 12.0. The Morgan fingerprint density at radius 3 is 2.88 bits per heavy atom. The van der Waals surface area contributed by atoms with Gasteiger partial charge in [0.05, 0.1) is 28.1 Å². The Bertz CT molecular complexity index is 908. The van der Waals surface area contributed by atoms with Gasteiger partial charge in [-0.25, -0.2) is 0 Å². The zero-order chi connectivity index (χ0) is 11.4. The van der Waals surface area contributed by atoms with E-state index in [-0.39, 0.29) is 5.43 Å². The third-order valence-corrected chi connectivity index (χ3v) is 3.21. The normalized spacial score (nSPS) is 11.8. The van der Waals surface area contributed by atoms with E-state index in [0.717, 1.165) is 27.3 Å². The van der Waals surface area contributed by atoms with E-state index in [1.165, 1.54) is 6.20 Å². The standard InChI is InChI=1S/C14H8N2O/c17-12-8-15-10-5-3-7-16-11-6-2-1-4-9(11)13(12)14(10)16/h1-8H. The van der Waals surface area contributed by atoms with Crippen molar-refractivity contribution < 1.29 is 0 Å². The van der Waals surface area contributed by atoms with Crippen molar-refractivity contribution in [2.75, 3.05) is 0 Å². The lowest BCUT2D eigenvalue weighted by Crippen LogP contribution is -2.00. The number of fused-ring (bicyclic) bond motifs is 3. The lowest BCUT2D eigenvalue weighted by molar-refractivity contribution is 1.24. The zero-order valence-electron chi connectivity index (χ0n) is 8.92. The van der Waals surface area contributed by atoms with Gasteiger partial charge in [-0.3, -0.25) is 9.78 Å². The minimum atomic E-state index is -0.0117. The summed E-state index contributed by atoms with van der Waals surface area (Å²) in [5.41, 5.74) is 2.82. The molecule has 0 radical (unpaired) electrons. The van der Waals surface area contributed by atoms with Crippen molar-refractivity contribution in [3.63, 3.8) is 0 Å². The molecule has 0 saturated carbocycles. The van der Waals surface area contributed by atoms with Crippen LogP contribution >= 0.6 is 0 Å². The van der Waals surface area contributed by atoms with Gasteiger partial charge in [0.15, 0.2) is 0 Å². The van der Waals surface area contributed by atoms with Crippen LogP contribution in [0.5, 0.6) is 0 Å². The first-order chi connectivity index (χ1) is 8.36. The van der Waals surface area contributed by atoms with Crippen LogP contribution in [0.4, 0.5) is 0 Å². The molecule has 3 heteroatoms. The van der Waals surface area contributed by atoms with Crippen molar-refractivity contribution in [1.29, 1.82) is 0 Å². The van der Waals surface area contributed by atoms with Crippen molar-refractivity contribution in [2.45, 2.75) is 0 Å². The summed E-state index contributed by atoms with van der Waals surface area (Å²) in [4.78, 5) is 16.2. The topological polar surface area (TPSA) is 34.4 Å². The largest absolute Gasteiger partial charge is 0.314 e. The summed E-state index contributed by atoms with van der Waals surface area (Å²) in [6.07, 6.45) is 3.38. The second-order valence-corrected chi connectivity index (χ2v) is 4.13. The predicted octanol–water partition coefficient (Wildman–Crippen LogP) is 2.44. The highest BCUT2D eigenvalue weighted by molar-refractivity contribution is 6.12.